The number of aryl methyl sites for hydroxylation is 1. The van der Waals surface area contributed by atoms with Crippen molar-refractivity contribution in [1.29, 1.82) is 0 Å². The molecular weight excluding hydrogens is 264 g/mol. The highest BCUT2D eigenvalue weighted by Crippen LogP contribution is 2.34. The van der Waals surface area contributed by atoms with Gasteiger partial charge in [0.2, 0.25) is 12.6 Å². The first kappa shape index (κ1) is 12.4. The van der Waals surface area contributed by atoms with Gasteiger partial charge in [0.25, 0.3) is 0 Å². The molecule has 0 bridgehead atoms. The third-order valence-electron chi connectivity index (χ3n) is 2.83. The van der Waals surface area contributed by atoms with E-state index >= 15 is 0 Å². The molecule has 1 aliphatic rings. The van der Waals surface area contributed by atoms with Crippen LogP contribution < -0.4 is 9.47 Å². The van der Waals surface area contributed by atoms with Gasteiger partial charge in [-0.3, -0.25) is 4.79 Å². The van der Waals surface area contributed by atoms with Crippen LogP contribution in [-0.2, 0) is 11.3 Å². The van der Waals surface area contributed by atoms with Gasteiger partial charge >= 0.3 is 5.97 Å². The molecule has 0 saturated carbocycles. The average molecular weight is 276 g/mol. The van der Waals surface area contributed by atoms with E-state index in [4.69, 9.17) is 14.6 Å². The maximum Gasteiger partial charge on any atom is 0.303 e. The summed E-state index contributed by atoms with van der Waals surface area (Å²) in [6.45, 7) is 0.637. The van der Waals surface area contributed by atoms with Gasteiger partial charge in [-0.15, -0.1) is 10.2 Å². The van der Waals surface area contributed by atoms with Gasteiger partial charge in [0, 0.05) is 12.0 Å². The molecule has 2 heterocycles. The van der Waals surface area contributed by atoms with Gasteiger partial charge in [-0.05, 0) is 29.8 Å². The molecule has 2 aromatic rings. The third kappa shape index (κ3) is 2.53. The van der Waals surface area contributed by atoms with Crippen LogP contribution in [0, 0.1) is 0 Å². The van der Waals surface area contributed by atoms with E-state index in [0.717, 1.165) is 5.56 Å². The third-order valence-corrected chi connectivity index (χ3v) is 2.83. The van der Waals surface area contributed by atoms with Crippen molar-refractivity contribution in [3.63, 3.8) is 0 Å². The van der Waals surface area contributed by atoms with E-state index in [1.807, 2.05) is 6.07 Å². The molecule has 0 amide bonds. The maximum absolute atomic E-state index is 10.4. The minimum Gasteiger partial charge on any atom is -0.481 e. The second-order valence-corrected chi connectivity index (χ2v) is 4.27. The molecular formula is C12H12N4O4. The molecule has 104 valence electrons. The van der Waals surface area contributed by atoms with E-state index in [9.17, 15) is 4.79 Å². The van der Waals surface area contributed by atoms with Crippen LogP contribution in [0.4, 0.5) is 0 Å². The second-order valence-electron chi connectivity index (χ2n) is 4.27. The highest BCUT2D eigenvalue weighted by molar-refractivity contribution is 5.66. The van der Waals surface area contributed by atoms with Gasteiger partial charge in [-0.1, -0.05) is 0 Å². The first-order valence-corrected chi connectivity index (χ1v) is 6.12. The maximum atomic E-state index is 10.4. The summed E-state index contributed by atoms with van der Waals surface area (Å²) in [6, 6.07) is 5.41. The number of ether oxygens (including phenoxy) is 2. The zero-order chi connectivity index (χ0) is 13.9. The van der Waals surface area contributed by atoms with Crippen LogP contribution in [0.1, 0.15) is 12.8 Å². The lowest BCUT2D eigenvalue weighted by Crippen LogP contribution is -2.05. The normalized spacial score (nSPS) is 12.6. The average Bonchev–Trinajstić information content (AvgIpc) is 3.05. The molecule has 1 N–H and O–H groups in total. The number of rotatable bonds is 5. The van der Waals surface area contributed by atoms with E-state index in [0.29, 0.717) is 30.3 Å². The lowest BCUT2D eigenvalue weighted by Gasteiger charge is -1.98. The predicted molar refractivity (Wildman–Crippen MR) is 66.2 cm³/mol. The predicted octanol–water partition coefficient (Wildman–Crippen LogP) is 0.934. The van der Waals surface area contributed by atoms with Crippen molar-refractivity contribution < 1.29 is 19.4 Å². The summed E-state index contributed by atoms with van der Waals surface area (Å²) >= 11 is 0. The van der Waals surface area contributed by atoms with Crippen LogP contribution in [0.15, 0.2) is 18.2 Å². The SMILES string of the molecule is O=C(O)CCCn1nnc(-c2ccc3c(c2)OCO3)n1. The van der Waals surface area contributed by atoms with Gasteiger partial charge < -0.3 is 14.6 Å². The minimum absolute atomic E-state index is 0.0842. The topological polar surface area (TPSA) is 99.4 Å². The number of hydrogen-bond acceptors (Lipinski definition) is 6. The molecule has 3 rings (SSSR count). The number of aliphatic carboxylic acids is 1. The van der Waals surface area contributed by atoms with Crippen molar-refractivity contribution in [1.82, 2.24) is 20.2 Å². The molecule has 0 spiro atoms. The molecule has 0 fully saturated rings. The number of nitrogens with zero attached hydrogens (tertiary/aromatic N) is 4. The first-order valence-electron chi connectivity index (χ1n) is 6.12. The van der Waals surface area contributed by atoms with E-state index in [1.165, 1.54) is 4.80 Å². The van der Waals surface area contributed by atoms with Crippen LogP contribution in [0.25, 0.3) is 11.4 Å². The van der Waals surface area contributed by atoms with Crippen LogP contribution in [0.5, 0.6) is 11.5 Å². The Balaban J connectivity index is 1.71. The summed E-state index contributed by atoms with van der Waals surface area (Å²) in [5, 5.41) is 20.6. The fourth-order valence-electron chi connectivity index (χ4n) is 1.86. The zero-order valence-corrected chi connectivity index (χ0v) is 10.5. The Kier molecular flexibility index (Phi) is 3.20. The fraction of sp³-hybridized carbons (Fsp3) is 0.333. The van der Waals surface area contributed by atoms with Crippen LogP contribution in [0.3, 0.4) is 0 Å². The summed E-state index contributed by atoms with van der Waals surface area (Å²) in [6.07, 6.45) is 0.549. The van der Waals surface area contributed by atoms with Gasteiger partial charge in [0.1, 0.15) is 0 Å². The highest BCUT2D eigenvalue weighted by atomic mass is 16.7. The summed E-state index contributed by atoms with van der Waals surface area (Å²) < 4.78 is 10.5. The number of benzene rings is 1. The van der Waals surface area contributed by atoms with E-state index in [1.54, 1.807) is 12.1 Å². The fourth-order valence-corrected chi connectivity index (χ4v) is 1.86. The second kappa shape index (κ2) is 5.16. The minimum atomic E-state index is -0.832. The molecule has 8 heteroatoms. The Hall–Kier alpha value is -2.64. The van der Waals surface area contributed by atoms with E-state index in [2.05, 4.69) is 15.4 Å². The molecule has 8 nitrogen and oxygen atoms in total. The zero-order valence-electron chi connectivity index (χ0n) is 10.5. The molecule has 20 heavy (non-hydrogen) atoms. The van der Waals surface area contributed by atoms with Crippen molar-refractivity contribution in [2.75, 3.05) is 6.79 Å². The van der Waals surface area contributed by atoms with Crippen molar-refractivity contribution >= 4 is 5.97 Å². The van der Waals surface area contributed by atoms with Crippen molar-refractivity contribution in [2.45, 2.75) is 19.4 Å². The lowest BCUT2D eigenvalue weighted by atomic mass is 10.2. The molecule has 1 aromatic heterocycles. The Morgan fingerprint density at radius 3 is 3.05 bits per heavy atom. The summed E-state index contributed by atoms with van der Waals surface area (Å²) in [4.78, 5) is 11.8. The Labute approximate surface area is 113 Å². The Bertz CT molecular complexity index is 640. The monoisotopic (exact) mass is 276 g/mol. The molecule has 0 aliphatic carbocycles. The number of tetrazole rings is 1. The number of hydrogen-bond donors (Lipinski definition) is 1. The molecule has 0 atom stereocenters. The number of aromatic nitrogens is 4. The quantitative estimate of drug-likeness (QED) is 0.867. The van der Waals surface area contributed by atoms with E-state index in [-0.39, 0.29) is 13.2 Å². The van der Waals surface area contributed by atoms with Gasteiger partial charge in [-0.25, -0.2) is 0 Å². The molecule has 1 aliphatic heterocycles. The van der Waals surface area contributed by atoms with E-state index < -0.39 is 5.97 Å². The van der Waals surface area contributed by atoms with Gasteiger partial charge in [-0.2, -0.15) is 4.80 Å². The Morgan fingerprint density at radius 1 is 1.35 bits per heavy atom. The summed E-state index contributed by atoms with van der Waals surface area (Å²) in [7, 11) is 0. The van der Waals surface area contributed by atoms with Gasteiger partial charge in [0.05, 0.1) is 6.54 Å². The number of carbonyl (C=O) groups is 1. The first-order chi connectivity index (χ1) is 9.72. The van der Waals surface area contributed by atoms with Crippen molar-refractivity contribution in [3.8, 4) is 22.9 Å². The van der Waals surface area contributed by atoms with Crippen LogP contribution in [-0.4, -0.2) is 38.1 Å². The number of carboxylic acid groups (broad SMARTS) is 1. The largest absolute Gasteiger partial charge is 0.481 e. The summed E-state index contributed by atoms with van der Waals surface area (Å²) in [5.41, 5.74) is 0.777. The number of carboxylic acids is 1. The Morgan fingerprint density at radius 2 is 2.20 bits per heavy atom. The number of fused-ring (bicyclic) bond motifs is 1. The molecule has 1 aromatic carbocycles. The standard InChI is InChI=1S/C12H12N4O4/c17-11(18)2-1-5-16-14-12(13-15-16)8-3-4-9-10(6-8)20-7-19-9/h3-4,6H,1-2,5,7H2,(H,17,18). The van der Waals surface area contributed by atoms with Crippen molar-refractivity contribution in [2.24, 2.45) is 0 Å². The molecule has 0 unspecified atom stereocenters. The molecule has 0 radical (unpaired) electrons. The van der Waals surface area contributed by atoms with Crippen LogP contribution in [0.2, 0.25) is 0 Å². The van der Waals surface area contributed by atoms with Crippen molar-refractivity contribution in [3.05, 3.63) is 18.2 Å². The molecule has 0 saturated heterocycles. The lowest BCUT2D eigenvalue weighted by molar-refractivity contribution is -0.137. The summed E-state index contributed by atoms with van der Waals surface area (Å²) in [5.74, 6) is 0.993. The smallest absolute Gasteiger partial charge is 0.303 e. The highest BCUT2D eigenvalue weighted by Gasteiger charge is 2.15. The van der Waals surface area contributed by atoms with Gasteiger partial charge in [0.15, 0.2) is 11.5 Å². The van der Waals surface area contributed by atoms with Crippen LogP contribution >= 0.6 is 0 Å².